The molecule has 3 atom stereocenters. The molecule has 1 heterocycles. The maximum absolute atomic E-state index is 12.7. The smallest absolute Gasteiger partial charge is 0.314 e. The predicted molar refractivity (Wildman–Crippen MR) is 115 cm³/mol. The summed E-state index contributed by atoms with van der Waals surface area (Å²) in [7, 11) is 1.34. The van der Waals surface area contributed by atoms with Crippen molar-refractivity contribution in [1.29, 1.82) is 0 Å². The largest absolute Gasteiger partial charge is 0.469 e. The Morgan fingerprint density at radius 1 is 1.21 bits per heavy atom. The van der Waals surface area contributed by atoms with Gasteiger partial charge in [-0.05, 0) is 5.56 Å². The van der Waals surface area contributed by atoms with Crippen molar-refractivity contribution in [2.75, 3.05) is 13.7 Å². The van der Waals surface area contributed by atoms with Crippen LogP contribution in [0.4, 0.5) is 0 Å². The van der Waals surface area contributed by atoms with Crippen molar-refractivity contribution in [2.45, 2.75) is 17.7 Å². The third-order valence-electron chi connectivity index (χ3n) is 4.51. The molecule has 0 bridgehead atoms. The maximum atomic E-state index is 12.7. The first kappa shape index (κ1) is 21.2. The van der Waals surface area contributed by atoms with Crippen LogP contribution in [0.3, 0.4) is 0 Å². The first-order valence-corrected chi connectivity index (χ1v) is 10.3. The van der Waals surface area contributed by atoms with Crippen LogP contribution in [0.2, 0.25) is 0 Å². The van der Waals surface area contributed by atoms with Crippen LogP contribution in [0.15, 0.2) is 54.6 Å². The molecule has 0 saturated carbocycles. The summed E-state index contributed by atoms with van der Waals surface area (Å²) in [5.74, 6) is -1.41. The molecule has 29 heavy (non-hydrogen) atoms. The van der Waals surface area contributed by atoms with Crippen LogP contribution in [0.1, 0.15) is 5.56 Å². The predicted octanol–water partition coefficient (Wildman–Crippen LogP) is 1.36. The lowest BCUT2D eigenvalue weighted by molar-refractivity contribution is -0.144. The molecule has 1 aromatic carbocycles. The molecular formula is C20H21N3O4S2. The van der Waals surface area contributed by atoms with E-state index in [9.17, 15) is 14.4 Å². The Balaban J connectivity index is 1.54. The standard InChI is InChI=1S/C20H21N3O4S2/c1-27-19(26)14-9-5-6-10-15(14)21-12-16-18(25)23(20(28)29-16)22-17(24)11-13-7-3-2-4-8-13/h2-10,14-16,21H,11-12H2,1H3,(H,22,24). The van der Waals surface area contributed by atoms with Crippen molar-refractivity contribution in [3.8, 4) is 0 Å². The summed E-state index contributed by atoms with van der Waals surface area (Å²) in [5.41, 5.74) is 3.43. The van der Waals surface area contributed by atoms with Crippen molar-refractivity contribution in [3.63, 3.8) is 0 Å². The lowest BCUT2D eigenvalue weighted by atomic mass is 9.95. The number of allylic oxidation sites excluding steroid dienone is 2. The Bertz CT molecular complexity index is 857. The number of benzene rings is 1. The van der Waals surface area contributed by atoms with Gasteiger partial charge in [0, 0.05) is 12.6 Å². The zero-order chi connectivity index (χ0) is 20.8. The second kappa shape index (κ2) is 9.82. The van der Waals surface area contributed by atoms with Gasteiger partial charge in [-0.1, -0.05) is 78.6 Å². The summed E-state index contributed by atoms with van der Waals surface area (Å²) >= 11 is 6.46. The van der Waals surface area contributed by atoms with Gasteiger partial charge in [-0.25, -0.2) is 5.01 Å². The van der Waals surface area contributed by atoms with E-state index >= 15 is 0 Å². The number of thioether (sulfide) groups is 1. The number of nitrogens with zero attached hydrogens (tertiary/aromatic N) is 1. The van der Waals surface area contributed by atoms with Gasteiger partial charge in [0.05, 0.1) is 19.4 Å². The van der Waals surface area contributed by atoms with E-state index in [4.69, 9.17) is 17.0 Å². The van der Waals surface area contributed by atoms with Crippen LogP contribution in [0, 0.1) is 5.92 Å². The number of amides is 2. The Morgan fingerprint density at radius 2 is 1.93 bits per heavy atom. The Morgan fingerprint density at radius 3 is 2.66 bits per heavy atom. The lowest BCUT2D eigenvalue weighted by Gasteiger charge is -2.24. The van der Waals surface area contributed by atoms with E-state index in [-0.39, 0.29) is 30.2 Å². The van der Waals surface area contributed by atoms with Crippen LogP contribution in [0.5, 0.6) is 0 Å². The van der Waals surface area contributed by atoms with E-state index in [0.717, 1.165) is 10.6 Å². The summed E-state index contributed by atoms with van der Waals surface area (Å²) in [6.07, 6.45) is 7.38. The van der Waals surface area contributed by atoms with Gasteiger partial charge < -0.3 is 10.1 Å². The second-order valence-electron chi connectivity index (χ2n) is 6.50. The topological polar surface area (TPSA) is 87.7 Å². The molecule has 152 valence electrons. The Hall–Kier alpha value is -2.49. The number of hydrogen-bond donors (Lipinski definition) is 2. The fraction of sp³-hybridized carbons (Fsp3) is 0.300. The van der Waals surface area contributed by atoms with Gasteiger partial charge in [-0.15, -0.1) is 0 Å². The molecular weight excluding hydrogens is 410 g/mol. The zero-order valence-electron chi connectivity index (χ0n) is 15.7. The third-order valence-corrected chi connectivity index (χ3v) is 6.02. The summed E-state index contributed by atoms with van der Waals surface area (Å²) in [6, 6.07) is 8.97. The van der Waals surface area contributed by atoms with Gasteiger partial charge >= 0.3 is 5.97 Å². The highest BCUT2D eigenvalue weighted by Gasteiger charge is 2.39. The quantitative estimate of drug-likeness (QED) is 0.498. The molecule has 1 saturated heterocycles. The number of carbonyl (C=O) groups is 3. The molecule has 2 N–H and O–H groups in total. The highest BCUT2D eigenvalue weighted by atomic mass is 32.2. The molecule has 2 amide bonds. The van der Waals surface area contributed by atoms with Crippen molar-refractivity contribution in [3.05, 3.63) is 60.2 Å². The molecule has 0 spiro atoms. The van der Waals surface area contributed by atoms with Crippen molar-refractivity contribution in [1.82, 2.24) is 15.8 Å². The molecule has 9 heteroatoms. The molecule has 0 aromatic heterocycles. The fourth-order valence-corrected chi connectivity index (χ4v) is 4.39. The molecule has 1 aromatic rings. The zero-order valence-corrected chi connectivity index (χ0v) is 17.4. The SMILES string of the molecule is COC(=O)C1C=CC=CC1NCC1SC(=S)N(NC(=O)Cc2ccccc2)C1=O. The van der Waals surface area contributed by atoms with E-state index < -0.39 is 11.2 Å². The maximum Gasteiger partial charge on any atom is 0.314 e. The number of carbonyl (C=O) groups excluding carboxylic acids is 3. The van der Waals surface area contributed by atoms with Crippen LogP contribution < -0.4 is 10.7 Å². The average Bonchev–Trinajstić information content (AvgIpc) is 3.00. The van der Waals surface area contributed by atoms with Gasteiger partial charge in [-0.2, -0.15) is 0 Å². The minimum absolute atomic E-state index is 0.154. The lowest BCUT2D eigenvalue weighted by Crippen LogP contribution is -2.49. The molecule has 1 fully saturated rings. The van der Waals surface area contributed by atoms with Gasteiger partial charge in [0.25, 0.3) is 5.91 Å². The molecule has 1 aliphatic heterocycles. The van der Waals surface area contributed by atoms with Crippen LogP contribution in [-0.2, 0) is 25.5 Å². The minimum atomic E-state index is -0.489. The van der Waals surface area contributed by atoms with Gasteiger partial charge in [0.1, 0.15) is 5.25 Å². The fourth-order valence-electron chi connectivity index (χ4n) is 3.04. The molecule has 3 rings (SSSR count). The second-order valence-corrected chi connectivity index (χ2v) is 8.33. The molecule has 2 aliphatic rings. The van der Waals surface area contributed by atoms with E-state index in [2.05, 4.69) is 10.7 Å². The van der Waals surface area contributed by atoms with Crippen LogP contribution in [0.25, 0.3) is 0 Å². The number of rotatable bonds is 7. The Kier molecular flexibility index (Phi) is 7.18. The number of hydrogen-bond acceptors (Lipinski definition) is 7. The Labute approximate surface area is 178 Å². The molecule has 7 nitrogen and oxygen atoms in total. The van der Waals surface area contributed by atoms with Crippen molar-refractivity contribution >= 4 is 46.1 Å². The van der Waals surface area contributed by atoms with E-state index in [1.807, 2.05) is 42.5 Å². The number of methoxy groups -OCH3 is 1. The first-order valence-electron chi connectivity index (χ1n) is 9.04. The number of esters is 1. The normalized spacial score (nSPS) is 23.3. The summed E-state index contributed by atoms with van der Waals surface area (Å²) in [4.78, 5) is 36.9. The van der Waals surface area contributed by atoms with Crippen LogP contribution >= 0.6 is 24.0 Å². The summed E-state index contributed by atoms with van der Waals surface area (Å²) < 4.78 is 5.12. The van der Waals surface area contributed by atoms with Gasteiger partial charge in [-0.3, -0.25) is 19.8 Å². The first-order chi connectivity index (χ1) is 14.0. The highest BCUT2D eigenvalue weighted by Crippen LogP contribution is 2.26. The van der Waals surface area contributed by atoms with Crippen molar-refractivity contribution in [2.24, 2.45) is 5.92 Å². The number of thiocarbonyl (C=S) groups is 1. The number of ether oxygens (including phenoxy) is 1. The van der Waals surface area contributed by atoms with Gasteiger partial charge in [0.2, 0.25) is 5.91 Å². The van der Waals surface area contributed by atoms with E-state index in [0.29, 0.717) is 10.9 Å². The van der Waals surface area contributed by atoms with E-state index in [1.165, 1.54) is 18.9 Å². The van der Waals surface area contributed by atoms with Gasteiger partial charge in [0.15, 0.2) is 4.32 Å². The average molecular weight is 432 g/mol. The van der Waals surface area contributed by atoms with Crippen molar-refractivity contribution < 1.29 is 19.1 Å². The molecule has 1 aliphatic carbocycles. The van der Waals surface area contributed by atoms with Crippen LogP contribution in [-0.4, -0.2) is 52.1 Å². The molecule has 3 unspecified atom stereocenters. The number of nitrogens with one attached hydrogen (secondary N) is 2. The van der Waals surface area contributed by atoms with E-state index in [1.54, 1.807) is 12.2 Å². The number of hydrazine groups is 1. The summed E-state index contributed by atoms with van der Waals surface area (Å²) in [5, 5.41) is 3.86. The minimum Gasteiger partial charge on any atom is -0.469 e. The summed E-state index contributed by atoms with van der Waals surface area (Å²) in [6.45, 7) is 0.297. The third kappa shape index (κ3) is 5.31. The molecule has 0 radical (unpaired) electrons. The highest BCUT2D eigenvalue weighted by molar-refractivity contribution is 8.24. The monoisotopic (exact) mass is 431 g/mol.